The Labute approximate surface area is 113 Å². The van der Waals surface area contributed by atoms with Gasteiger partial charge in [0, 0.05) is 25.7 Å². The van der Waals surface area contributed by atoms with Crippen LogP contribution in [0.3, 0.4) is 0 Å². The highest BCUT2D eigenvalue weighted by Gasteiger charge is 2.30. The minimum Gasteiger partial charge on any atom is -0.350 e. The van der Waals surface area contributed by atoms with Crippen LogP contribution in [0.4, 0.5) is 18.0 Å². The second kappa shape index (κ2) is 6.78. The SMILES string of the molecule is CNC(=O)NCCNC(=O)c1ccc(C(F)(F)F)cc1. The van der Waals surface area contributed by atoms with Crippen molar-refractivity contribution in [1.82, 2.24) is 16.0 Å². The molecule has 110 valence electrons. The van der Waals surface area contributed by atoms with Crippen molar-refractivity contribution in [2.24, 2.45) is 0 Å². The fraction of sp³-hybridized carbons (Fsp3) is 0.333. The van der Waals surface area contributed by atoms with E-state index in [0.717, 1.165) is 24.3 Å². The molecule has 20 heavy (non-hydrogen) atoms. The van der Waals surface area contributed by atoms with Crippen molar-refractivity contribution in [3.05, 3.63) is 35.4 Å². The van der Waals surface area contributed by atoms with Crippen LogP contribution >= 0.6 is 0 Å². The predicted octanol–water partition coefficient (Wildman–Crippen LogP) is 1.36. The van der Waals surface area contributed by atoms with Gasteiger partial charge in [-0.2, -0.15) is 13.2 Å². The summed E-state index contributed by atoms with van der Waals surface area (Å²) in [5.74, 6) is -0.502. The van der Waals surface area contributed by atoms with Gasteiger partial charge in [0.2, 0.25) is 0 Å². The van der Waals surface area contributed by atoms with Crippen molar-refractivity contribution in [2.75, 3.05) is 20.1 Å². The Hall–Kier alpha value is -2.25. The monoisotopic (exact) mass is 289 g/mol. The molecule has 1 aromatic carbocycles. The number of benzene rings is 1. The Kier molecular flexibility index (Phi) is 5.36. The number of urea groups is 1. The molecule has 0 radical (unpaired) electrons. The van der Waals surface area contributed by atoms with Crippen molar-refractivity contribution >= 4 is 11.9 Å². The molecule has 0 heterocycles. The lowest BCUT2D eigenvalue weighted by Gasteiger charge is -2.09. The van der Waals surface area contributed by atoms with Crippen LogP contribution in [0, 0.1) is 0 Å². The topological polar surface area (TPSA) is 70.2 Å². The summed E-state index contributed by atoms with van der Waals surface area (Å²) in [6.45, 7) is 0.388. The zero-order valence-corrected chi connectivity index (χ0v) is 10.7. The lowest BCUT2D eigenvalue weighted by Crippen LogP contribution is -2.38. The second-order valence-corrected chi connectivity index (χ2v) is 3.84. The van der Waals surface area contributed by atoms with Gasteiger partial charge in [0.05, 0.1) is 5.56 Å². The fourth-order valence-corrected chi connectivity index (χ4v) is 1.35. The van der Waals surface area contributed by atoms with E-state index in [0.29, 0.717) is 0 Å². The maximum Gasteiger partial charge on any atom is 0.416 e. The average Bonchev–Trinajstić information content (AvgIpc) is 2.42. The van der Waals surface area contributed by atoms with Crippen molar-refractivity contribution in [3.8, 4) is 0 Å². The van der Waals surface area contributed by atoms with Gasteiger partial charge in [-0.1, -0.05) is 0 Å². The van der Waals surface area contributed by atoms with Crippen molar-refractivity contribution in [2.45, 2.75) is 6.18 Å². The number of amides is 3. The summed E-state index contributed by atoms with van der Waals surface area (Å²) < 4.78 is 37.0. The quantitative estimate of drug-likeness (QED) is 0.733. The van der Waals surface area contributed by atoms with E-state index >= 15 is 0 Å². The maximum absolute atomic E-state index is 12.3. The summed E-state index contributed by atoms with van der Waals surface area (Å²) in [6, 6.07) is 3.51. The van der Waals surface area contributed by atoms with Crippen LogP contribution in [0.5, 0.6) is 0 Å². The lowest BCUT2D eigenvalue weighted by molar-refractivity contribution is -0.137. The fourth-order valence-electron chi connectivity index (χ4n) is 1.35. The van der Waals surface area contributed by atoms with Gasteiger partial charge >= 0.3 is 12.2 Å². The van der Waals surface area contributed by atoms with Gasteiger partial charge in [-0.3, -0.25) is 4.79 Å². The van der Waals surface area contributed by atoms with Crippen molar-refractivity contribution in [1.29, 1.82) is 0 Å². The molecule has 0 spiro atoms. The molecule has 3 amide bonds. The smallest absolute Gasteiger partial charge is 0.350 e. The van der Waals surface area contributed by atoms with Crippen LogP contribution in [0.1, 0.15) is 15.9 Å². The minimum atomic E-state index is -4.42. The zero-order chi connectivity index (χ0) is 15.2. The molecule has 0 saturated heterocycles. The van der Waals surface area contributed by atoms with Crippen LogP contribution in [-0.2, 0) is 6.18 Å². The van der Waals surface area contributed by atoms with Gasteiger partial charge in [-0.05, 0) is 24.3 Å². The molecule has 0 atom stereocenters. The van der Waals surface area contributed by atoms with Gasteiger partial charge in [-0.15, -0.1) is 0 Å². The van der Waals surface area contributed by atoms with Gasteiger partial charge in [0.15, 0.2) is 0 Å². The molecule has 5 nitrogen and oxygen atoms in total. The van der Waals surface area contributed by atoms with E-state index in [2.05, 4.69) is 16.0 Å². The standard InChI is InChI=1S/C12H14F3N3O2/c1-16-11(20)18-7-6-17-10(19)8-2-4-9(5-3-8)12(13,14)15/h2-5H,6-7H2,1H3,(H,17,19)(H2,16,18,20). The molecule has 0 saturated carbocycles. The summed E-state index contributed by atoms with van der Waals surface area (Å²) in [5.41, 5.74) is -0.687. The molecule has 0 bridgehead atoms. The van der Waals surface area contributed by atoms with Crippen LogP contribution in [0.25, 0.3) is 0 Å². The van der Waals surface area contributed by atoms with E-state index in [1.54, 1.807) is 0 Å². The molecule has 0 aliphatic carbocycles. The molecule has 1 aromatic rings. The third-order valence-corrected chi connectivity index (χ3v) is 2.40. The van der Waals surface area contributed by atoms with Crippen molar-refractivity contribution in [3.63, 3.8) is 0 Å². The van der Waals surface area contributed by atoms with Gasteiger partial charge in [0.25, 0.3) is 5.91 Å². The first-order valence-electron chi connectivity index (χ1n) is 5.75. The summed E-state index contributed by atoms with van der Waals surface area (Å²) in [7, 11) is 1.45. The number of carbonyl (C=O) groups is 2. The molecule has 0 aromatic heterocycles. The average molecular weight is 289 g/mol. The Morgan fingerprint density at radius 2 is 1.60 bits per heavy atom. The first-order chi connectivity index (χ1) is 9.34. The van der Waals surface area contributed by atoms with Crippen molar-refractivity contribution < 1.29 is 22.8 Å². The highest BCUT2D eigenvalue weighted by atomic mass is 19.4. The second-order valence-electron chi connectivity index (χ2n) is 3.84. The Morgan fingerprint density at radius 3 is 2.10 bits per heavy atom. The van der Waals surface area contributed by atoms with Gasteiger partial charge < -0.3 is 16.0 Å². The summed E-state index contributed by atoms with van der Waals surface area (Å²) >= 11 is 0. The number of hydrogen-bond acceptors (Lipinski definition) is 2. The van der Waals surface area contributed by atoms with Crippen LogP contribution < -0.4 is 16.0 Å². The Morgan fingerprint density at radius 1 is 1.05 bits per heavy atom. The van der Waals surface area contributed by atoms with Crippen LogP contribution in [0.15, 0.2) is 24.3 Å². The molecule has 0 unspecified atom stereocenters. The summed E-state index contributed by atoms with van der Waals surface area (Å²) in [6.07, 6.45) is -4.42. The van der Waals surface area contributed by atoms with E-state index in [-0.39, 0.29) is 24.7 Å². The molecular weight excluding hydrogens is 275 g/mol. The first-order valence-corrected chi connectivity index (χ1v) is 5.75. The van der Waals surface area contributed by atoms with Gasteiger partial charge in [0.1, 0.15) is 0 Å². The number of hydrogen-bond donors (Lipinski definition) is 3. The Balaban J connectivity index is 2.46. The molecule has 0 fully saturated rings. The lowest BCUT2D eigenvalue weighted by atomic mass is 10.1. The third kappa shape index (κ3) is 4.79. The number of carbonyl (C=O) groups excluding carboxylic acids is 2. The maximum atomic E-state index is 12.3. The van der Waals surface area contributed by atoms with E-state index in [4.69, 9.17) is 0 Å². The van der Waals surface area contributed by atoms with Crippen LogP contribution in [-0.4, -0.2) is 32.1 Å². The highest BCUT2D eigenvalue weighted by molar-refractivity contribution is 5.94. The Bertz CT molecular complexity index is 472. The molecular formula is C12H14F3N3O2. The minimum absolute atomic E-state index is 0.123. The summed E-state index contributed by atoms with van der Waals surface area (Å²) in [4.78, 5) is 22.4. The summed E-state index contributed by atoms with van der Waals surface area (Å²) in [5, 5.41) is 7.26. The molecule has 1 rings (SSSR count). The number of rotatable bonds is 4. The largest absolute Gasteiger partial charge is 0.416 e. The number of nitrogens with one attached hydrogen (secondary N) is 3. The zero-order valence-electron chi connectivity index (χ0n) is 10.7. The molecule has 0 aliphatic heterocycles. The normalized spacial score (nSPS) is 10.8. The third-order valence-electron chi connectivity index (χ3n) is 2.40. The molecule has 0 aliphatic rings. The predicted molar refractivity (Wildman–Crippen MR) is 66.2 cm³/mol. The van der Waals surface area contributed by atoms with E-state index in [1.807, 2.05) is 0 Å². The number of alkyl halides is 3. The van der Waals surface area contributed by atoms with Crippen LogP contribution in [0.2, 0.25) is 0 Å². The van der Waals surface area contributed by atoms with E-state index in [9.17, 15) is 22.8 Å². The van der Waals surface area contributed by atoms with Gasteiger partial charge in [-0.25, -0.2) is 4.79 Å². The number of halogens is 3. The van der Waals surface area contributed by atoms with E-state index in [1.165, 1.54) is 7.05 Å². The van der Waals surface area contributed by atoms with E-state index < -0.39 is 17.6 Å². The molecule has 8 heteroatoms. The molecule has 3 N–H and O–H groups in total. The first kappa shape index (κ1) is 15.8. The highest BCUT2D eigenvalue weighted by Crippen LogP contribution is 2.28.